The first-order chi connectivity index (χ1) is 11.8. The summed E-state index contributed by atoms with van der Waals surface area (Å²) in [5.74, 6) is 0. The van der Waals surface area contributed by atoms with E-state index in [1.165, 1.54) is 28.2 Å². The maximum Gasteiger partial charge on any atom is 0.446 e. The van der Waals surface area contributed by atoms with E-state index in [0.29, 0.717) is 5.04 Å². The minimum Gasteiger partial charge on any atom is -0.337 e. The molecule has 1 aromatic rings. The Kier molecular flexibility index (Phi) is 9.48. The molecule has 0 heterocycles. The summed E-state index contributed by atoms with van der Waals surface area (Å²) in [6.07, 6.45) is -1.23. The summed E-state index contributed by atoms with van der Waals surface area (Å²) in [4.78, 5) is 17.1. The summed E-state index contributed by atoms with van der Waals surface area (Å²) in [6.45, 7) is 5.78. The van der Waals surface area contributed by atoms with Gasteiger partial charge in [-0.05, 0) is 38.8 Å². The SMILES string of the molecule is COP(=S)(c1ccccc1)N(SN(C)C(=O)ON=C(C)SC)C(C)C. The lowest BCUT2D eigenvalue weighted by molar-refractivity contribution is 0.136. The number of hydrogen-bond acceptors (Lipinski definition) is 7. The summed E-state index contributed by atoms with van der Waals surface area (Å²) < 4.78 is 9.06. The standard InChI is InChI=1S/C15H24N3O3PS3/c1-12(2)18(22(23,20-5)14-10-8-7-9-11-14)25-17(4)15(19)21-16-13(3)24-6/h7-12H,1-6H3. The molecule has 1 rings (SSSR count). The monoisotopic (exact) mass is 421 g/mol. The predicted molar refractivity (Wildman–Crippen MR) is 113 cm³/mol. The predicted octanol–water partition coefficient (Wildman–Crippen LogP) is 4.31. The van der Waals surface area contributed by atoms with E-state index in [4.69, 9.17) is 21.2 Å². The first-order valence-electron chi connectivity index (χ1n) is 7.48. The van der Waals surface area contributed by atoms with Crippen molar-refractivity contribution >= 4 is 58.6 Å². The Morgan fingerprint density at radius 3 is 2.40 bits per heavy atom. The van der Waals surface area contributed by atoms with Gasteiger partial charge in [0.2, 0.25) is 0 Å². The zero-order valence-corrected chi connectivity index (χ0v) is 18.5. The van der Waals surface area contributed by atoms with Crippen LogP contribution < -0.4 is 5.30 Å². The van der Waals surface area contributed by atoms with Crippen LogP contribution in [0.15, 0.2) is 35.5 Å². The van der Waals surface area contributed by atoms with Gasteiger partial charge in [0.05, 0.1) is 12.1 Å². The molecule has 1 unspecified atom stereocenters. The molecule has 0 aliphatic carbocycles. The fourth-order valence-electron chi connectivity index (χ4n) is 1.72. The number of nitrogens with zero attached hydrogens (tertiary/aromatic N) is 3. The molecule has 1 amide bonds. The molecular weight excluding hydrogens is 397 g/mol. The van der Waals surface area contributed by atoms with Crippen LogP contribution in [-0.4, -0.2) is 46.0 Å². The molecule has 0 aliphatic heterocycles. The van der Waals surface area contributed by atoms with Crippen molar-refractivity contribution in [2.75, 3.05) is 20.4 Å². The quantitative estimate of drug-likeness (QED) is 0.162. The molecule has 0 spiro atoms. The molecule has 0 aliphatic rings. The number of thioether (sulfide) groups is 1. The van der Waals surface area contributed by atoms with Crippen molar-refractivity contribution < 1.29 is 14.2 Å². The Morgan fingerprint density at radius 2 is 1.92 bits per heavy atom. The van der Waals surface area contributed by atoms with Gasteiger partial charge in [-0.15, -0.1) is 11.8 Å². The molecule has 0 saturated heterocycles. The van der Waals surface area contributed by atoms with Crippen LogP contribution in [-0.2, 0) is 21.2 Å². The number of rotatable bonds is 7. The van der Waals surface area contributed by atoms with E-state index in [2.05, 4.69) is 5.16 Å². The van der Waals surface area contributed by atoms with Crippen molar-refractivity contribution in [3.05, 3.63) is 30.3 Å². The number of amides is 1. The van der Waals surface area contributed by atoms with Gasteiger partial charge in [-0.1, -0.05) is 35.5 Å². The van der Waals surface area contributed by atoms with Crippen LogP contribution in [0.25, 0.3) is 0 Å². The first-order valence-corrected chi connectivity index (χ1v) is 12.1. The molecule has 25 heavy (non-hydrogen) atoms. The van der Waals surface area contributed by atoms with Crippen molar-refractivity contribution in [2.45, 2.75) is 26.8 Å². The Bertz CT molecular complexity index is 643. The molecule has 0 saturated carbocycles. The second-order valence-electron chi connectivity index (χ2n) is 5.19. The van der Waals surface area contributed by atoms with Gasteiger partial charge in [-0.2, -0.15) is 4.08 Å². The smallest absolute Gasteiger partial charge is 0.337 e. The fourth-order valence-corrected chi connectivity index (χ4v) is 6.52. The zero-order chi connectivity index (χ0) is 19.0. The molecule has 0 radical (unpaired) electrons. The number of benzene rings is 1. The van der Waals surface area contributed by atoms with Crippen molar-refractivity contribution in [1.29, 1.82) is 0 Å². The Balaban J connectivity index is 3.00. The van der Waals surface area contributed by atoms with E-state index in [1.807, 2.05) is 54.5 Å². The van der Waals surface area contributed by atoms with Crippen LogP contribution in [0.3, 0.4) is 0 Å². The summed E-state index contributed by atoms with van der Waals surface area (Å²) in [5, 5.41) is 5.35. The van der Waals surface area contributed by atoms with Gasteiger partial charge < -0.3 is 4.52 Å². The Hall–Kier alpha value is -0.570. The summed E-state index contributed by atoms with van der Waals surface area (Å²) in [6, 6.07) is 9.73. The minimum atomic E-state index is -2.52. The molecule has 0 bridgehead atoms. The maximum atomic E-state index is 12.2. The van der Waals surface area contributed by atoms with Crippen LogP contribution in [0.4, 0.5) is 4.79 Å². The molecule has 140 valence electrons. The minimum absolute atomic E-state index is 0.0441. The highest BCUT2D eigenvalue weighted by atomic mass is 32.5. The Labute approximate surface area is 163 Å². The number of carbonyl (C=O) groups excluding carboxylic acids is 1. The molecule has 10 heteroatoms. The average Bonchev–Trinajstić information content (AvgIpc) is 2.63. The summed E-state index contributed by atoms with van der Waals surface area (Å²) in [5.41, 5.74) is 0. The lowest BCUT2D eigenvalue weighted by Crippen LogP contribution is -2.32. The van der Waals surface area contributed by atoms with Gasteiger partial charge in [-0.25, -0.2) is 9.10 Å². The number of oxime groups is 1. The lowest BCUT2D eigenvalue weighted by Gasteiger charge is -2.36. The average molecular weight is 422 g/mol. The normalized spacial score (nSPS) is 14.5. The molecule has 1 aromatic carbocycles. The van der Waals surface area contributed by atoms with Gasteiger partial charge >= 0.3 is 6.09 Å². The molecule has 0 aromatic heterocycles. The van der Waals surface area contributed by atoms with E-state index in [1.54, 1.807) is 21.1 Å². The van der Waals surface area contributed by atoms with Gasteiger partial charge in [0.15, 0.2) is 6.42 Å². The third-order valence-electron chi connectivity index (χ3n) is 3.04. The van der Waals surface area contributed by atoms with E-state index >= 15 is 0 Å². The van der Waals surface area contributed by atoms with Crippen molar-refractivity contribution in [1.82, 2.24) is 8.38 Å². The topological polar surface area (TPSA) is 54.4 Å². The fraction of sp³-hybridized carbons (Fsp3) is 0.467. The highest BCUT2D eigenvalue weighted by Gasteiger charge is 2.33. The van der Waals surface area contributed by atoms with Crippen molar-refractivity contribution in [2.24, 2.45) is 5.16 Å². The maximum absolute atomic E-state index is 12.2. The second-order valence-corrected chi connectivity index (χ2v) is 11.4. The molecule has 0 fully saturated rings. The molecule has 1 atom stereocenters. The van der Waals surface area contributed by atoms with Gasteiger partial charge in [0.25, 0.3) is 0 Å². The lowest BCUT2D eigenvalue weighted by atomic mass is 10.4. The zero-order valence-electron chi connectivity index (χ0n) is 15.2. The van der Waals surface area contributed by atoms with Gasteiger partial charge in [-0.3, -0.25) is 4.84 Å². The third-order valence-corrected chi connectivity index (χ3v) is 9.94. The van der Waals surface area contributed by atoms with Crippen molar-refractivity contribution in [3.63, 3.8) is 0 Å². The molecular formula is C15H24N3O3PS3. The van der Waals surface area contributed by atoms with Crippen LogP contribution >= 0.6 is 30.3 Å². The highest BCUT2D eigenvalue weighted by Crippen LogP contribution is 2.55. The van der Waals surface area contributed by atoms with Crippen LogP contribution in [0.2, 0.25) is 0 Å². The van der Waals surface area contributed by atoms with Crippen LogP contribution in [0.5, 0.6) is 0 Å². The van der Waals surface area contributed by atoms with Crippen molar-refractivity contribution in [3.8, 4) is 0 Å². The first kappa shape index (κ1) is 22.5. The van der Waals surface area contributed by atoms with Gasteiger partial charge in [0, 0.05) is 25.5 Å². The van der Waals surface area contributed by atoms with E-state index < -0.39 is 12.5 Å². The molecule has 0 N–H and O–H groups in total. The third kappa shape index (κ3) is 6.27. The number of carbonyl (C=O) groups is 1. The van der Waals surface area contributed by atoms with E-state index in [-0.39, 0.29) is 6.04 Å². The van der Waals surface area contributed by atoms with E-state index in [0.717, 1.165) is 5.30 Å². The van der Waals surface area contributed by atoms with E-state index in [9.17, 15) is 4.79 Å². The summed E-state index contributed by atoms with van der Waals surface area (Å²) >= 11 is 8.47. The summed E-state index contributed by atoms with van der Waals surface area (Å²) in [7, 11) is 3.22. The van der Waals surface area contributed by atoms with Crippen LogP contribution in [0, 0.1) is 0 Å². The Morgan fingerprint density at radius 1 is 1.32 bits per heavy atom. The second kappa shape index (κ2) is 10.5. The van der Waals surface area contributed by atoms with Crippen LogP contribution in [0.1, 0.15) is 20.8 Å². The molecule has 6 nitrogen and oxygen atoms in total. The number of hydrogen-bond donors (Lipinski definition) is 0. The van der Waals surface area contributed by atoms with Gasteiger partial charge in [0.1, 0.15) is 5.04 Å². The largest absolute Gasteiger partial charge is 0.446 e. The highest BCUT2D eigenvalue weighted by molar-refractivity contribution is 8.19.